The lowest BCUT2D eigenvalue weighted by Gasteiger charge is -2.54. The molecular weight excluding hydrogens is 516 g/mol. The third-order valence-corrected chi connectivity index (χ3v) is 11.2. The summed E-state index contributed by atoms with van der Waals surface area (Å²) in [7, 11) is 0. The molecule has 6 heteroatoms. The number of esters is 2. The van der Waals surface area contributed by atoms with Crippen molar-refractivity contribution in [1.82, 2.24) is 0 Å². The van der Waals surface area contributed by atoms with Crippen molar-refractivity contribution >= 4 is 17.7 Å². The fourth-order valence-corrected chi connectivity index (χ4v) is 9.02. The van der Waals surface area contributed by atoms with Gasteiger partial charge in [0.25, 0.3) is 0 Å². The second kappa shape index (κ2) is 10.1. The second-order valence-corrected chi connectivity index (χ2v) is 14.0. The molecule has 1 saturated heterocycles. The zero-order valence-electron chi connectivity index (χ0n) is 25.9. The van der Waals surface area contributed by atoms with Gasteiger partial charge in [-0.3, -0.25) is 9.59 Å². The van der Waals surface area contributed by atoms with Crippen LogP contribution in [0, 0.1) is 40.4 Å². The Morgan fingerprint density at radius 3 is 2.44 bits per heavy atom. The van der Waals surface area contributed by atoms with Crippen LogP contribution in [0.5, 0.6) is 0 Å². The molecule has 1 N–H and O–H groups in total. The van der Waals surface area contributed by atoms with E-state index in [0.717, 1.165) is 42.4 Å². The first-order valence-corrected chi connectivity index (χ1v) is 15.3. The highest BCUT2D eigenvalue weighted by Gasteiger charge is 2.66. The largest absolute Gasteiger partial charge is 0.511 e. The smallest absolute Gasteiger partial charge is 0.346 e. The van der Waals surface area contributed by atoms with Gasteiger partial charge in [0, 0.05) is 30.6 Å². The van der Waals surface area contributed by atoms with Crippen LogP contribution in [0.1, 0.15) is 87.5 Å². The van der Waals surface area contributed by atoms with E-state index in [1.54, 1.807) is 0 Å². The van der Waals surface area contributed by atoms with Crippen LogP contribution < -0.4 is 0 Å². The molecule has 4 aliphatic carbocycles. The highest BCUT2D eigenvalue weighted by Crippen LogP contribution is 2.60. The summed E-state index contributed by atoms with van der Waals surface area (Å²) in [5.74, 6) is -2.02. The zero-order chi connectivity index (χ0) is 30.1. The first-order valence-electron chi connectivity index (χ1n) is 15.3. The fourth-order valence-electron chi connectivity index (χ4n) is 9.02. The highest BCUT2D eigenvalue weighted by atomic mass is 16.6. The van der Waals surface area contributed by atoms with Crippen LogP contribution >= 0.6 is 0 Å². The quantitative estimate of drug-likeness (QED) is 0.208. The minimum Gasteiger partial charge on any atom is -0.511 e. The molecule has 9 atom stereocenters. The van der Waals surface area contributed by atoms with Gasteiger partial charge < -0.3 is 14.6 Å². The molecule has 6 nitrogen and oxygen atoms in total. The third kappa shape index (κ3) is 4.39. The van der Waals surface area contributed by atoms with Crippen molar-refractivity contribution in [2.75, 3.05) is 0 Å². The topological polar surface area (TPSA) is 89.9 Å². The van der Waals surface area contributed by atoms with E-state index in [-0.39, 0.29) is 53.0 Å². The molecule has 0 aromatic heterocycles. The molecule has 2 fully saturated rings. The predicted molar refractivity (Wildman–Crippen MR) is 158 cm³/mol. The Bertz CT molecular complexity index is 1330. The van der Waals surface area contributed by atoms with E-state index >= 15 is 0 Å². The standard InChI is InChI=1S/C35H46O6/c1-19-10-9-11-20(2)26-14-13-25-27(40-24(6)36)15-12-21(3)29(25)34(26,8)30(37)28-31(38)35(41-32(28)39)18-23(5)22(4)17-33(35,7)16-19/h11,13-14,16-17,21,23,25-27,29,37H,9-10,12,15,18H2,1-8H3. The van der Waals surface area contributed by atoms with E-state index in [1.165, 1.54) is 6.92 Å². The van der Waals surface area contributed by atoms with Gasteiger partial charge in [0.1, 0.15) is 17.4 Å². The van der Waals surface area contributed by atoms with Crippen molar-refractivity contribution in [1.29, 1.82) is 0 Å². The third-order valence-electron chi connectivity index (χ3n) is 11.2. The Morgan fingerprint density at radius 1 is 1.05 bits per heavy atom. The summed E-state index contributed by atoms with van der Waals surface area (Å²) in [6, 6.07) is 0. The number of ether oxygens (including phenoxy) is 2. The van der Waals surface area contributed by atoms with Crippen LogP contribution in [0.25, 0.3) is 0 Å². The first-order chi connectivity index (χ1) is 19.2. The maximum absolute atomic E-state index is 14.7. The predicted octanol–water partition coefficient (Wildman–Crippen LogP) is 7.13. The van der Waals surface area contributed by atoms with Gasteiger partial charge in [-0.1, -0.05) is 67.9 Å². The SMILES string of the molecule is CC(=O)OC1CCC(C)C2C1C=CC1C(C)=CCCC(C)=CC3(C)C=C(C)C(C)CC34OC(=O)C(=C(O)C12C)C4=O. The first kappa shape index (κ1) is 29.6. The van der Waals surface area contributed by atoms with Gasteiger partial charge in [0.15, 0.2) is 5.60 Å². The molecule has 0 aromatic rings. The molecule has 9 unspecified atom stereocenters. The molecule has 222 valence electrons. The van der Waals surface area contributed by atoms with Crippen LogP contribution in [-0.2, 0) is 23.9 Å². The number of aliphatic hydroxyl groups is 1. The summed E-state index contributed by atoms with van der Waals surface area (Å²) in [6.45, 7) is 15.8. The van der Waals surface area contributed by atoms with E-state index in [4.69, 9.17) is 9.47 Å². The molecular formula is C35H46O6. The molecule has 0 radical (unpaired) electrons. The maximum Gasteiger partial charge on any atom is 0.346 e. The number of fused-ring (bicyclic) bond motifs is 4. The summed E-state index contributed by atoms with van der Waals surface area (Å²) in [4.78, 5) is 40.6. The molecule has 1 aliphatic heterocycles. The Morgan fingerprint density at radius 2 is 1.76 bits per heavy atom. The second-order valence-electron chi connectivity index (χ2n) is 14.0. The summed E-state index contributed by atoms with van der Waals surface area (Å²) in [5, 5.41) is 12.4. The average molecular weight is 563 g/mol. The van der Waals surface area contributed by atoms with Crippen LogP contribution in [0.15, 0.2) is 58.4 Å². The molecule has 5 rings (SSSR count). The summed E-state index contributed by atoms with van der Waals surface area (Å²) in [5.41, 5.74) is -0.0738. The van der Waals surface area contributed by atoms with Gasteiger partial charge in [0.05, 0.1) is 5.41 Å². The number of carbonyl (C=O) groups excluding carboxylic acids is 3. The lowest BCUT2D eigenvalue weighted by atomic mass is 9.50. The van der Waals surface area contributed by atoms with Gasteiger partial charge in [-0.25, -0.2) is 4.79 Å². The van der Waals surface area contributed by atoms with Gasteiger partial charge >= 0.3 is 11.9 Å². The van der Waals surface area contributed by atoms with E-state index in [2.05, 4.69) is 65.0 Å². The lowest BCUT2D eigenvalue weighted by molar-refractivity contribution is -0.162. The van der Waals surface area contributed by atoms with Crippen molar-refractivity contribution in [3.05, 3.63) is 58.4 Å². The van der Waals surface area contributed by atoms with Crippen molar-refractivity contribution in [3.8, 4) is 0 Å². The van der Waals surface area contributed by atoms with Gasteiger partial charge in [-0.05, 0) is 71.1 Å². The van der Waals surface area contributed by atoms with Gasteiger partial charge in [-0.2, -0.15) is 0 Å². The summed E-state index contributed by atoms with van der Waals surface area (Å²) >= 11 is 0. The number of rotatable bonds is 1. The number of ketones is 1. The molecule has 1 saturated carbocycles. The number of hydrogen-bond donors (Lipinski definition) is 1. The average Bonchev–Trinajstić information content (AvgIpc) is 3.13. The molecule has 41 heavy (non-hydrogen) atoms. The molecule has 1 spiro atoms. The normalized spacial score (nSPS) is 42.7. The van der Waals surface area contributed by atoms with E-state index in [9.17, 15) is 19.5 Å². The summed E-state index contributed by atoms with van der Waals surface area (Å²) < 4.78 is 12.0. The van der Waals surface area contributed by atoms with E-state index < -0.39 is 28.2 Å². The Hall–Kier alpha value is -2.89. The van der Waals surface area contributed by atoms with Crippen LogP contribution in [-0.4, -0.2) is 34.5 Å². The van der Waals surface area contributed by atoms with Crippen molar-refractivity contribution in [2.24, 2.45) is 40.4 Å². The van der Waals surface area contributed by atoms with Crippen LogP contribution in [0.4, 0.5) is 0 Å². The number of Topliss-reactive ketones (excluding diaryl/α,β-unsaturated/α-hetero) is 1. The Balaban J connectivity index is 1.77. The van der Waals surface area contributed by atoms with Crippen molar-refractivity contribution in [3.63, 3.8) is 0 Å². The van der Waals surface area contributed by atoms with Gasteiger partial charge in [-0.15, -0.1) is 0 Å². The molecule has 5 aliphatic rings. The monoisotopic (exact) mass is 562 g/mol. The van der Waals surface area contributed by atoms with Gasteiger partial charge in [0.2, 0.25) is 5.78 Å². The number of aliphatic hydroxyl groups excluding tert-OH is 1. The minimum absolute atomic E-state index is 0.0443. The zero-order valence-corrected chi connectivity index (χ0v) is 25.9. The van der Waals surface area contributed by atoms with Crippen molar-refractivity contribution in [2.45, 2.75) is 99.2 Å². The molecule has 0 amide bonds. The van der Waals surface area contributed by atoms with E-state index in [1.807, 2.05) is 13.8 Å². The molecule has 0 aromatic carbocycles. The van der Waals surface area contributed by atoms with Crippen LogP contribution in [0.3, 0.4) is 0 Å². The molecule has 1 heterocycles. The fraction of sp³-hybridized carbons (Fsp3) is 0.629. The number of carbonyl (C=O) groups is 3. The number of allylic oxidation sites excluding steroid dienone is 6. The lowest BCUT2D eigenvalue weighted by Crippen LogP contribution is -2.54. The minimum atomic E-state index is -1.42. The highest BCUT2D eigenvalue weighted by molar-refractivity contribution is 6.26. The Kier molecular flexibility index (Phi) is 7.31. The van der Waals surface area contributed by atoms with Crippen molar-refractivity contribution < 1.29 is 29.0 Å². The summed E-state index contributed by atoms with van der Waals surface area (Å²) in [6.07, 6.45) is 13.9. The number of hydrogen-bond acceptors (Lipinski definition) is 6. The van der Waals surface area contributed by atoms with E-state index in [0.29, 0.717) is 6.42 Å². The Labute approximate surface area is 244 Å². The maximum atomic E-state index is 14.7. The molecule has 2 bridgehead atoms. The van der Waals surface area contributed by atoms with Crippen LogP contribution in [0.2, 0.25) is 0 Å².